The number of methoxy groups -OCH3 is 1. The number of rotatable bonds is 7. The molecule has 1 aliphatic heterocycles. The van der Waals surface area contributed by atoms with Gasteiger partial charge in [0.1, 0.15) is 5.82 Å². The lowest BCUT2D eigenvalue weighted by Crippen LogP contribution is -2.33. The van der Waals surface area contributed by atoms with E-state index in [0.717, 1.165) is 72.5 Å². The Morgan fingerprint density at radius 2 is 1.90 bits per heavy atom. The van der Waals surface area contributed by atoms with Crippen LogP contribution in [0.4, 0.5) is 5.82 Å². The Kier molecular flexibility index (Phi) is 7.18. The van der Waals surface area contributed by atoms with Gasteiger partial charge in [-0.25, -0.2) is 19.4 Å². The molecule has 0 bridgehead atoms. The molecule has 6 rings (SSSR count). The van der Waals surface area contributed by atoms with Crippen LogP contribution in [0.15, 0.2) is 54.7 Å². The van der Waals surface area contributed by atoms with Gasteiger partial charge < -0.3 is 14.4 Å². The summed E-state index contributed by atoms with van der Waals surface area (Å²) in [5.74, 6) is 0.755. The summed E-state index contributed by atoms with van der Waals surface area (Å²) < 4.78 is 12.8. The van der Waals surface area contributed by atoms with Gasteiger partial charge in [0.2, 0.25) is 0 Å². The maximum absolute atomic E-state index is 12.9. The smallest absolute Gasteiger partial charge is 0.357 e. The van der Waals surface area contributed by atoms with Gasteiger partial charge in [0.15, 0.2) is 11.3 Å². The second-order valence-corrected chi connectivity index (χ2v) is 10.4. The van der Waals surface area contributed by atoms with Crippen LogP contribution in [0.2, 0.25) is 0 Å². The van der Waals surface area contributed by atoms with E-state index in [1.165, 1.54) is 0 Å². The van der Waals surface area contributed by atoms with E-state index in [0.29, 0.717) is 5.65 Å². The molecule has 3 aromatic heterocycles. The Hall–Kier alpha value is -4.29. The highest BCUT2D eigenvalue weighted by molar-refractivity contribution is 6.00. The number of hydrogen-bond acceptors (Lipinski definition) is 8. The van der Waals surface area contributed by atoms with Crippen LogP contribution in [0.1, 0.15) is 54.7 Å². The van der Waals surface area contributed by atoms with E-state index in [4.69, 9.17) is 24.5 Å². The molecule has 0 N–H and O–H groups in total. The van der Waals surface area contributed by atoms with Gasteiger partial charge in [-0.15, -0.1) is 0 Å². The molecule has 1 aromatic carbocycles. The zero-order valence-corrected chi connectivity index (χ0v) is 22.8. The first kappa shape index (κ1) is 26.0. The van der Waals surface area contributed by atoms with E-state index < -0.39 is 5.97 Å². The van der Waals surface area contributed by atoms with Gasteiger partial charge >= 0.3 is 5.97 Å². The number of aromatic nitrogens is 4. The van der Waals surface area contributed by atoms with Gasteiger partial charge in [0.05, 0.1) is 35.5 Å². The molecule has 1 aliphatic carbocycles. The molecule has 4 heterocycles. The number of pyridine rings is 2. The summed E-state index contributed by atoms with van der Waals surface area (Å²) in [6.45, 7) is 3.67. The van der Waals surface area contributed by atoms with Gasteiger partial charge in [0, 0.05) is 43.8 Å². The van der Waals surface area contributed by atoms with Gasteiger partial charge in [-0.2, -0.15) is 10.4 Å². The molecule has 2 fully saturated rings. The Bertz CT molecular complexity index is 1550. The molecule has 40 heavy (non-hydrogen) atoms. The molecule has 0 radical (unpaired) electrons. The van der Waals surface area contributed by atoms with E-state index in [1.807, 2.05) is 59.4 Å². The summed E-state index contributed by atoms with van der Waals surface area (Å²) in [4.78, 5) is 24.8. The van der Waals surface area contributed by atoms with Crippen LogP contribution in [0, 0.1) is 17.2 Å². The molecule has 0 amide bonds. The molecule has 9 nitrogen and oxygen atoms in total. The van der Waals surface area contributed by atoms with Crippen LogP contribution >= 0.6 is 0 Å². The highest BCUT2D eigenvalue weighted by Crippen LogP contribution is 2.44. The minimum Gasteiger partial charge on any atom is -0.461 e. The molecule has 1 saturated carbocycles. The fourth-order valence-corrected chi connectivity index (χ4v) is 5.67. The molecular weight excluding hydrogens is 504 g/mol. The molecule has 1 saturated heterocycles. The largest absolute Gasteiger partial charge is 0.461 e. The molecular formula is C31H32N6O3. The molecule has 0 unspecified atom stereocenters. The maximum atomic E-state index is 12.9. The molecule has 204 valence electrons. The van der Waals surface area contributed by atoms with Crippen molar-refractivity contribution in [2.24, 2.45) is 5.92 Å². The zero-order valence-electron chi connectivity index (χ0n) is 22.8. The average molecular weight is 537 g/mol. The molecule has 2 aliphatic rings. The van der Waals surface area contributed by atoms with Crippen molar-refractivity contribution in [1.82, 2.24) is 19.7 Å². The first-order valence-electron chi connectivity index (χ1n) is 13.9. The maximum Gasteiger partial charge on any atom is 0.357 e. The molecule has 0 atom stereocenters. The first-order valence-corrected chi connectivity index (χ1v) is 13.9. The quantitative estimate of drug-likeness (QED) is 0.293. The number of esters is 1. The Labute approximate surface area is 233 Å². The molecule has 4 aromatic rings. The summed E-state index contributed by atoms with van der Waals surface area (Å²) in [6.07, 6.45) is 5.53. The summed E-state index contributed by atoms with van der Waals surface area (Å²) in [7, 11) is 1.75. The van der Waals surface area contributed by atoms with Crippen molar-refractivity contribution in [3.8, 4) is 22.9 Å². The number of ether oxygens (including phenoxy) is 2. The van der Waals surface area contributed by atoms with Crippen molar-refractivity contribution in [1.29, 1.82) is 5.26 Å². The van der Waals surface area contributed by atoms with E-state index >= 15 is 0 Å². The van der Waals surface area contributed by atoms with Gasteiger partial charge in [-0.1, -0.05) is 18.2 Å². The number of para-hydroxylation sites is 1. The normalized spacial score (nSPS) is 19.3. The fourth-order valence-electron chi connectivity index (χ4n) is 5.67. The van der Waals surface area contributed by atoms with E-state index in [-0.39, 0.29) is 30.2 Å². The van der Waals surface area contributed by atoms with Gasteiger partial charge in [-0.05, 0) is 68.5 Å². The molecule has 9 heteroatoms. The fraction of sp³-hybridized carbons (Fsp3) is 0.387. The van der Waals surface area contributed by atoms with Gasteiger partial charge in [-0.3, -0.25) is 0 Å². The monoisotopic (exact) mass is 536 g/mol. The van der Waals surface area contributed by atoms with Crippen molar-refractivity contribution in [3.63, 3.8) is 0 Å². The first-order chi connectivity index (χ1) is 19.6. The lowest BCUT2D eigenvalue weighted by Gasteiger charge is -2.33. The van der Waals surface area contributed by atoms with Crippen LogP contribution in [0.5, 0.6) is 0 Å². The number of hydrogen-bond donors (Lipinski definition) is 0. The summed E-state index contributed by atoms with van der Waals surface area (Å²) in [5, 5.41) is 15.2. The van der Waals surface area contributed by atoms with E-state index in [2.05, 4.69) is 11.0 Å². The SMILES string of the molecule is CCOC(=O)c1cc(-c2ccc(N3CCC(C#N)CC3)nc2)c2c(n1)n(-c1ccccc1)nc2[C@H]1C[C@@H](OC)C1. The van der Waals surface area contributed by atoms with Crippen molar-refractivity contribution in [2.75, 3.05) is 31.7 Å². The lowest BCUT2D eigenvalue weighted by molar-refractivity contribution is 0.0250. The highest BCUT2D eigenvalue weighted by Gasteiger charge is 2.35. The predicted molar refractivity (Wildman–Crippen MR) is 151 cm³/mol. The van der Waals surface area contributed by atoms with E-state index in [1.54, 1.807) is 14.0 Å². The van der Waals surface area contributed by atoms with Crippen LogP contribution in [0.3, 0.4) is 0 Å². The van der Waals surface area contributed by atoms with E-state index in [9.17, 15) is 10.1 Å². The zero-order chi connectivity index (χ0) is 27.6. The Morgan fingerprint density at radius 3 is 2.55 bits per heavy atom. The van der Waals surface area contributed by atoms with Crippen LogP contribution < -0.4 is 4.90 Å². The van der Waals surface area contributed by atoms with Crippen molar-refractivity contribution < 1.29 is 14.3 Å². The van der Waals surface area contributed by atoms with Gasteiger partial charge in [0.25, 0.3) is 0 Å². The number of carbonyl (C=O) groups excluding carboxylic acids is 1. The average Bonchev–Trinajstić information content (AvgIpc) is 3.36. The highest BCUT2D eigenvalue weighted by atomic mass is 16.5. The number of piperidine rings is 1. The topological polar surface area (TPSA) is 106 Å². The Morgan fingerprint density at radius 1 is 1.12 bits per heavy atom. The summed E-state index contributed by atoms with van der Waals surface area (Å²) in [6, 6.07) is 18.1. The number of benzene rings is 1. The minimum absolute atomic E-state index is 0.116. The number of carbonyl (C=O) groups is 1. The third-order valence-corrected chi connectivity index (χ3v) is 8.03. The van der Waals surface area contributed by atoms with Crippen molar-refractivity contribution in [3.05, 3.63) is 66.1 Å². The number of anilines is 1. The summed E-state index contributed by atoms with van der Waals surface area (Å²) in [5.41, 5.74) is 4.41. The van der Waals surface area contributed by atoms with Crippen molar-refractivity contribution >= 4 is 22.8 Å². The van der Waals surface area contributed by atoms with Crippen molar-refractivity contribution in [2.45, 2.75) is 44.6 Å². The predicted octanol–water partition coefficient (Wildman–Crippen LogP) is 5.29. The number of fused-ring (bicyclic) bond motifs is 1. The number of nitrogens with zero attached hydrogens (tertiary/aromatic N) is 6. The second kappa shape index (κ2) is 11.1. The van der Waals surface area contributed by atoms with Crippen LogP contribution in [-0.4, -0.2) is 58.6 Å². The second-order valence-electron chi connectivity index (χ2n) is 10.4. The molecule has 0 spiro atoms. The Balaban J connectivity index is 1.48. The lowest BCUT2D eigenvalue weighted by atomic mass is 9.78. The number of nitriles is 1. The minimum atomic E-state index is -0.471. The van der Waals surface area contributed by atoms with Crippen LogP contribution in [0.25, 0.3) is 27.8 Å². The summed E-state index contributed by atoms with van der Waals surface area (Å²) >= 11 is 0. The van der Waals surface area contributed by atoms with Crippen LogP contribution in [-0.2, 0) is 9.47 Å². The third-order valence-electron chi connectivity index (χ3n) is 8.03. The standard InChI is InChI=1S/C31H32N6O3/c1-3-40-31(38)26-17-25(21-9-10-27(33-19-21)36-13-11-20(18-32)12-14-36)28-29(22-15-24(16-22)39-2)35-37(30(28)34-26)23-7-5-4-6-8-23/h4-10,17,19-20,22,24H,3,11-16H2,1-2H3/t22-,24+. The third kappa shape index (κ3) is 4.80.